The highest BCUT2D eigenvalue weighted by atomic mass is 32.1. The van der Waals surface area contributed by atoms with Crippen LogP contribution in [0.15, 0.2) is 6.20 Å². The number of hydrogen-bond donors (Lipinski definition) is 0. The van der Waals surface area contributed by atoms with Crippen molar-refractivity contribution < 1.29 is 9.53 Å². The Kier molecular flexibility index (Phi) is 4.21. The lowest BCUT2D eigenvalue weighted by Gasteiger charge is -2.28. The molecule has 0 amide bonds. The van der Waals surface area contributed by atoms with Gasteiger partial charge >= 0.3 is 0 Å². The minimum atomic E-state index is -0.0457. The SMILES string of the molecule is CCOC(c1ncc(C(C)=O)s1)C(C)(C)C. The Morgan fingerprint density at radius 1 is 1.56 bits per heavy atom. The number of thiazole rings is 1. The van der Waals surface area contributed by atoms with E-state index in [0.717, 1.165) is 5.01 Å². The Balaban J connectivity index is 2.97. The third-order valence-electron chi connectivity index (χ3n) is 2.21. The average Bonchev–Trinajstić information content (AvgIpc) is 2.60. The summed E-state index contributed by atoms with van der Waals surface area (Å²) in [6, 6.07) is 0. The van der Waals surface area contributed by atoms with Gasteiger partial charge in [-0.1, -0.05) is 20.8 Å². The van der Waals surface area contributed by atoms with Crippen LogP contribution >= 0.6 is 11.3 Å². The molecule has 0 aromatic carbocycles. The van der Waals surface area contributed by atoms with Crippen LogP contribution in [0.2, 0.25) is 0 Å². The Morgan fingerprint density at radius 3 is 2.56 bits per heavy atom. The predicted octanol–water partition coefficient (Wildman–Crippen LogP) is 3.47. The fourth-order valence-corrected chi connectivity index (χ4v) is 2.54. The first-order chi connectivity index (χ1) is 7.36. The van der Waals surface area contributed by atoms with E-state index >= 15 is 0 Å². The Labute approximate surface area is 101 Å². The molecule has 3 nitrogen and oxygen atoms in total. The molecule has 0 aliphatic rings. The quantitative estimate of drug-likeness (QED) is 0.758. The van der Waals surface area contributed by atoms with Crippen molar-refractivity contribution >= 4 is 17.1 Å². The van der Waals surface area contributed by atoms with Gasteiger partial charge in [-0.05, 0) is 12.3 Å². The molecule has 1 heterocycles. The molecule has 16 heavy (non-hydrogen) atoms. The third-order valence-corrected chi connectivity index (χ3v) is 3.36. The van der Waals surface area contributed by atoms with E-state index in [1.54, 1.807) is 13.1 Å². The molecular weight excluding hydrogens is 222 g/mol. The van der Waals surface area contributed by atoms with Crippen LogP contribution in [0.1, 0.15) is 55.4 Å². The summed E-state index contributed by atoms with van der Waals surface area (Å²) in [5.74, 6) is 0.0629. The van der Waals surface area contributed by atoms with Crippen molar-refractivity contribution in [3.8, 4) is 0 Å². The van der Waals surface area contributed by atoms with Crippen molar-refractivity contribution in [3.63, 3.8) is 0 Å². The summed E-state index contributed by atoms with van der Waals surface area (Å²) < 4.78 is 5.72. The number of ketones is 1. The Bertz CT molecular complexity index is 365. The van der Waals surface area contributed by atoms with Gasteiger partial charge in [0.05, 0.1) is 4.88 Å². The smallest absolute Gasteiger partial charge is 0.171 e. The maximum absolute atomic E-state index is 11.2. The molecule has 1 atom stereocenters. The molecule has 1 aromatic rings. The van der Waals surface area contributed by atoms with Gasteiger partial charge in [0.2, 0.25) is 0 Å². The molecule has 0 aliphatic heterocycles. The van der Waals surface area contributed by atoms with Crippen LogP contribution in [0, 0.1) is 5.41 Å². The van der Waals surface area contributed by atoms with Crippen molar-refractivity contribution in [3.05, 3.63) is 16.1 Å². The van der Waals surface area contributed by atoms with Crippen LogP contribution in [0.4, 0.5) is 0 Å². The molecule has 0 fully saturated rings. The first-order valence-electron chi connectivity index (χ1n) is 5.44. The van der Waals surface area contributed by atoms with E-state index in [-0.39, 0.29) is 17.3 Å². The third kappa shape index (κ3) is 3.12. The number of hydrogen-bond acceptors (Lipinski definition) is 4. The van der Waals surface area contributed by atoms with E-state index in [9.17, 15) is 4.79 Å². The number of Topliss-reactive ketones (excluding diaryl/α,β-unsaturated/α-hetero) is 1. The summed E-state index contributed by atoms with van der Waals surface area (Å²) in [5.41, 5.74) is -0.0120. The Hall–Kier alpha value is -0.740. The second-order valence-corrected chi connectivity index (χ2v) is 5.88. The molecule has 1 unspecified atom stereocenters. The zero-order chi connectivity index (χ0) is 12.3. The van der Waals surface area contributed by atoms with Crippen LogP contribution in [-0.4, -0.2) is 17.4 Å². The minimum absolute atomic E-state index is 0.0120. The molecule has 0 bridgehead atoms. The van der Waals surface area contributed by atoms with E-state index in [0.29, 0.717) is 11.5 Å². The lowest BCUT2D eigenvalue weighted by Crippen LogP contribution is -2.21. The van der Waals surface area contributed by atoms with Crippen LogP contribution in [0.5, 0.6) is 0 Å². The lowest BCUT2D eigenvalue weighted by molar-refractivity contribution is -0.0133. The van der Waals surface area contributed by atoms with E-state index in [1.807, 2.05) is 6.92 Å². The van der Waals surface area contributed by atoms with Crippen molar-refractivity contribution in [1.29, 1.82) is 0 Å². The van der Waals surface area contributed by atoms with Crippen LogP contribution < -0.4 is 0 Å². The van der Waals surface area contributed by atoms with Gasteiger partial charge in [0.25, 0.3) is 0 Å². The fourth-order valence-electron chi connectivity index (χ4n) is 1.43. The van der Waals surface area contributed by atoms with Crippen molar-refractivity contribution in [1.82, 2.24) is 4.98 Å². The van der Waals surface area contributed by atoms with E-state index < -0.39 is 0 Å². The first kappa shape index (κ1) is 13.3. The van der Waals surface area contributed by atoms with E-state index in [1.165, 1.54) is 11.3 Å². The highest BCUT2D eigenvalue weighted by molar-refractivity contribution is 7.13. The largest absolute Gasteiger partial charge is 0.371 e. The monoisotopic (exact) mass is 241 g/mol. The van der Waals surface area contributed by atoms with Crippen LogP contribution in [0.3, 0.4) is 0 Å². The summed E-state index contributed by atoms with van der Waals surface area (Å²) >= 11 is 1.43. The standard InChI is InChI=1S/C12H19NO2S/c1-6-15-10(12(3,4)5)11-13-7-9(16-11)8(2)14/h7,10H,6H2,1-5H3. The number of carbonyl (C=O) groups is 1. The zero-order valence-corrected chi connectivity index (χ0v) is 11.4. The van der Waals surface area contributed by atoms with Crippen LogP contribution in [0.25, 0.3) is 0 Å². The van der Waals surface area contributed by atoms with Crippen molar-refractivity contribution in [2.75, 3.05) is 6.61 Å². The molecule has 0 saturated heterocycles. The number of nitrogens with zero attached hydrogens (tertiary/aromatic N) is 1. The molecular formula is C12H19NO2S. The molecule has 90 valence electrons. The zero-order valence-electron chi connectivity index (χ0n) is 10.5. The van der Waals surface area contributed by atoms with Gasteiger partial charge in [-0.25, -0.2) is 4.98 Å². The molecule has 1 rings (SSSR count). The Morgan fingerprint density at radius 2 is 2.19 bits per heavy atom. The van der Waals surface area contributed by atoms with Gasteiger partial charge in [-0.2, -0.15) is 0 Å². The highest BCUT2D eigenvalue weighted by Gasteiger charge is 2.29. The first-order valence-corrected chi connectivity index (χ1v) is 6.26. The van der Waals surface area contributed by atoms with Gasteiger partial charge in [-0.3, -0.25) is 4.79 Å². The maximum atomic E-state index is 11.2. The average molecular weight is 241 g/mol. The second-order valence-electron chi connectivity index (χ2n) is 4.82. The fraction of sp³-hybridized carbons (Fsp3) is 0.667. The number of rotatable bonds is 4. The van der Waals surface area contributed by atoms with Crippen molar-refractivity contribution in [2.45, 2.75) is 40.7 Å². The van der Waals surface area contributed by atoms with Gasteiger partial charge in [0.15, 0.2) is 5.78 Å². The summed E-state index contributed by atoms with van der Waals surface area (Å²) in [7, 11) is 0. The van der Waals surface area contributed by atoms with E-state index in [2.05, 4.69) is 25.8 Å². The maximum Gasteiger partial charge on any atom is 0.171 e. The molecule has 0 spiro atoms. The number of carbonyl (C=O) groups excluding carboxylic acids is 1. The highest BCUT2D eigenvalue weighted by Crippen LogP contribution is 2.37. The molecule has 0 saturated carbocycles. The molecule has 1 aromatic heterocycles. The molecule has 4 heteroatoms. The van der Waals surface area contributed by atoms with Crippen LogP contribution in [-0.2, 0) is 4.74 Å². The van der Waals surface area contributed by atoms with Gasteiger partial charge in [-0.15, -0.1) is 11.3 Å². The summed E-state index contributed by atoms with van der Waals surface area (Å²) in [4.78, 5) is 16.2. The summed E-state index contributed by atoms with van der Waals surface area (Å²) in [6.45, 7) is 10.5. The molecule has 0 radical (unpaired) electrons. The topological polar surface area (TPSA) is 39.2 Å². The van der Waals surface area contributed by atoms with Gasteiger partial charge in [0.1, 0.15) is 11.1 Å². The predicted molar refractivity (Wildman–Crippen MR) is 65.9 cm³/mol. The van der Waals surface area contributed by atoms with Gasteiger partial charge in [0, 0.05) is 19.7 Å². The lowest BCUT2D eigenvalue weighted by atomic mass is 9.89. The van der Waals surface area contributed by atoms with E-state index in [4.69, 9.17) is 4.74 Å². The second kappa shape index (κ2) is 5.06. The molecule has 0 N–H and O–H groups in total. The minimum Gasteiger partial charge on any atom is -0.371 e. The number of ether oxygens (including phenoxy) is 1. The van der Waals surface area contributed by atoms with Gasteiger partial charge < -0.3 is 4.74 Å². The summed E-state index contributed by atoms with van der Waals surface area (Å²) in [6.07, 6.45) is 1.59. The number of aromatic nitrogens is 1. The van der Waals surface area contributed by atoms with Crippen molar-refractivity contribution in [2.24, 2.45) is 5.41 Å². The normalized spacial score (nSPS) is 13.8. The summed E-state index contributed by atoms with van der Waals surface area (Å²) in [5, 5.41) is 0.888. The molecule has 0 aliphatic carbocycles.